The summed E-state index contributed by atoms with van der Waals surface area (Å²) in [5.41, 5.74) is 9.91. The normalized spacial score (nSPS) is 10.0. The van der Waals surface area contributed by atoms with Crippen LogP contribution < -0.4 is 10.5 Å². The molecular weight excluding hydrogens is 284 g/mol. The van der Waals surface area contributed by atoms with Gasteiger partial charge in [-0.1, -0.05) is 48.5 Å². The van der Waals surface area contributed by atoms with Crippen LogP contribution in [0.2, 0.25) is 0 Å². The number of ether oxygens (including phenoxy) is 1. The van der Waals surface area contributed by atoms with Crippen LogP contribution in [0.3, 0.4) is 0 Å². The summed E-state index contributed by atoms with van der Waals surface area (Å²) in [4.78, 5) is 0. The molecule has 0 aliphatic heterocycles. The number of para-hydroxylation sites is 1. The van der Waals surface area contributed by atoms with E-state index in [0.717, 1.165) is 22.4 Å². The Kier molecular flexibility index (Phi) is 4.26. The van der Waals surface area contributed by atoms with Crippen LogP contribution in [-0.2, 0) is 6.61 Å². The van der Waals surface area contributed by atoms with E-state index in [1.54, 1.807) is 6.07 Å². The molecule has 0 saturated heterocycles. The Hall–Kier alpha value is -3.25. The number of hydrogen-bond donors (Lipinski definition) is 1. The third-order valence-corrected chi connectivity index (χ3v) is 3.52. The summed E-state index contributed by atoms with van der Waals surface area (Å²) < 4.78 is 5.97. The number of nitrogens with zero attached hydrogens (tertiary/aromatic N) is 1. The van der Waals surface area contributed by atoms with Crippen molar-refractivity contribution in [2.45, 2.75) is 6.61 Å². The number of rotatable bonds is 4. The Balaban J connectivity index is 1.92. The van der Waals surface area contributed by atoms with Gasteiger partial charge in [0.15, 0.2) is 0 Å². The molecule has 0 aromatic heterocycles. The molecule has 0 unspecified atom stereocenters. The number of benzene rings is 3. The molecular formula is C20H16N2O. The van der Waals surface area contributed by atoms with Gasteiger partial charge in [0.2, 0.25) is 0 Å². The van der Waals surface area contributed by atoms with Gasteiger partial charge in [-0.15, -0.1) is 0 Å². The van der Waals surface area contributed by atoms with Gasteiger partial charge in [-0.25, -0.2) is 0 Å². The molecule has 112 valence electrons. The van der Waals surface area contributed by atoms with Gasteiger partial charge in [0.05, 0.1) is 11.6 Å². The lowest BCUT2D eigenvalue weighted by Gasteiger charge is -2.12. The van der Waals surface area contributed by atoms with Gasteiger partial charge >= 0.3 is 0 Å². The Labute approximate surface area is 135 Å². The van der Waals surface area contributed by atoms with E-state index in [2.05, 4.69) is 6.07 Å². The van der Waals surface area contributed by atoms with Crippen molar-refractivity contribution in [3.63, 3.8) is 0 Å². The second-order valence-electron chi connectivity index (χ2n) is 5.23. The molecule has 0 fully saturated rings. The van der Waals surface area contributed by atoms with Crippen LogP contribution in [0.5, 0.6) is 5.75 Å². The first-order chi connectivity index (χ1) is 11.3. The Bertz CT molecular complexity index is 851. The van der Waals surface area contributed by atoms with Crippen LogP contribution in [0.15, 0.2) is 72.8 Å². The van der Waals surface area contributed by atoms with Gasteiger partial charge in [0.25, 0.3) is 0 Å². The van der Waals surface area contributed by atoms with E-state index in [1.165, 1.54) is 0 Å². The number of nitriles is 1. The van der Waals surface area contributed by atoms with E-state index >= 15 is 0 Å². The monoisotopic (exact) mass is 300 g/mol. The van der Waals surface area contributed by atoms with Gasteiger partial charge in [-0.2, -0.15) is 5.26 Å². The third kappa shape index (κ3) is 3.50. The zero-order chi connectivity index (χ0) is 16.1. The average Bonchev–Trinajstić information content (AvgIpc) is 2.60. The molecule has 0 saturated carbocycles. The minimum Gasteiger partial charge on any atom is -0.488 e. The minimum absolute atomic E-state index is 0.491. The molecule has 0 radical (unpaired) electrons. The molecule has 23 heavy (non-hydrogen) atoms. The SMILES string of the molecule is N#Cc1cc(N)cc(-c2ccccc2OCc2ccccc2)c1. The summed E-state index contributed by atoms with van der Waals surface area (Å²) in [6.45, 7) is 0.491. The van der Waals surface area contributed by atoms with E-state index in [4.69, 9.17) is 15.7 Å². The number of nitrogens with two attached hydrogens (primary N) is 1. The summed E-state index contributed by atoms with van der Waals surface area (Å²) in [5, 5.41) is 9.12. The molecule has 3 aromatic rings. The van der Waals surface area contributed by atoms with Crippen LogP contribution >= 0.6 is 0 Å². The highest BCUT2D eigenvalue weighted by Gasteiger charge is 2.08. The van der Waals surface area contributed by atoms with E-state index < -0.39 is 0 Å². The quantitative estimate of drug-likeness (QED) is 0.727. The molecule has 3 aromatic carbocycles. The maximum absolute atomic E-state index is 9.12. The van der Waals surface area contributed by atoms with Crippen LogP contribution in [0, 0.1) is 11.3 Å². The molecule has 0 bridgehead atoms. The molecule has 3 nitrogen and oxygen atoms in total. The van der Waals surface area contributed by atoms with Crippen LogP contribution in [0.25, 0.3) is 11.1 Å². The molecule has 0 amide bonds. The topological polar surface area (TPSA) is 59.0 Å². The molecule has 0 aliphatic rings. The van der Waals surface area contributed by atoms with Crippen molar-refractivity contribution >= 4 is 5.69 Å². The highest BCUT2D eigenvalue weighted by molar-refractivity contribution is 5.74. The number of nitrogen functional groups attached to an aromatic ring is 1. The van der Waals surface area contributed by atoms with E-state index in [0.29, 0.717) is 17.9 Å². The lowest BCUT2D eigenvalue weighted by Crippen LogP contribution is -1.97. The van der Waals surface area contributed by atoms with Gasteiger partial charge in [-0.05, 0) is 35.4 Å². The van der Waals surface area contributed by atoms with Crippen molar-refractivity contribution in [2.75, 3.05) is 5.73 Å². The molecule has 0 aliphatic carbocycles. The van der Waals surface area contributed by atoms with Crippen molar-refractivity contribution in [3.05, 3.63) is 83.9 Å². The highest BCUT2D eigenvalue weighted by Crippen LogP contribution is 2.32. The highest BCUT2D eigenvalue weighted by atomic mass is 16.5. The van der Waals surface area contributed by atoms with Gasteiger partial charge in [0.1, 0.15) is 12.4 Å². The Morgan fingerprint density at radius 2 is 1.65 bits per heavy atom. The Morgan fingerprint density at radius 1 is 0.913 bits per heavy atom. The van der Waals surface area contributed by atoms with Crippen molar-refractivity contribution in [2.24, 2.45) is 0 Å². The van der Waals surface area contributed by atoms with Gasteiger partial charge in [0, 0.05) is 11.3 Å². The van der Waals surface area contributed by atoms with Gasteiger partial charge < -0.3 is 10.5 Å². The zero-order valence-electron chi connectivity index (χ0n) is 12.6. The van der Waals surface area contributed by atoms with Crippen molar-refractivity contribution in [1.29, 1.82) is 5.26 Å². The minimum atomic E-state index is 0.491. The first kappa shape index (κ1) is 14.7. The smallest absolute Gasteiger partial charge is 0.127 e. The predicted octanol–water partition coefficient (Wildman–Crippen LogP) is 4.39. The van der Waals surface area contributed by atoms with Crippen molar-refractivity contribution in [3.8, 4) is 22.9 Å². The molecule has 0 heterocycles. The fourth-order valence-corrected chi connectivity index (χ4v) is 2.44. The fourth-order valence-electron chi connectivity index (χ4n) is 2.44. The summed E-state index contributed by atoms with van der Waals surface area (Å²) in [6, 6.07) is 25.2. The van der Waals surface area contributed by atoms with Crippen molar-refractivity contribution < 1.29 is 4.74 Å². The van der Waals surface area contributed by atoms with Crippen molar-refractivity contribution in [1.82, 2.24) is 0 Å². The molecule has 0 spiro atoms. The number of hydrogen-bond acceptors (Lipinski definition) is 3. The average molecular weight is 300 g/mol. The maximum Gasteiger partial charge on any atom is 0.127 e. The predicted molar refractivity (Wildman–Crippen MR) is 91.8 cm³/mol. The summed E-state index contributed by atoms with van der Waals surface area (Å²) >= 11 is 0. The second-order valence-corrected chi connectivity index (χ2v) is 5.23. The Morgan fingerprint density at radius 3 is 2.43 bits per heavy atom. The summed E-state index contributed by atoms with van der Waals surface area (Å²) in [5.74, 6) is 0.769. The maximum atomic E-state index is 9.12. The molecule has 0 atom stereocenters. The van der Waals surface area contributed by atoms with Crippen LogP contribution in [0.4, 0.5) is 5.69 Å². The van der Waals surface area contributed by atoms with Crippen LogP contribution in [0.1, 0.15) is 11.1 Å². The standard InChI is InChI=1S/C20H16N2O/c21-13-16-10-17(12-18(22)11-16)19-8-4-5-9-20(19)23-14-15-6-2-1-3-7-15/h1-12H,14,22H2. The van der Waals surface area contributed by atoms with E-state index in [1.807, 2.05) is 66.7 Å². The lowest BCUT2D eigenvalue weighted by molar-refractivity contribution is 0.307. The lowest BCUT2D eigenvalue weighted by atomic mass is 10.0. The summed E-state index contributed by atoms with van der Waals surface area (Å²) in [7, 11) is 0. The first-order valence-corrected chi connectivity index (χ1v) is 7.33. The first-order valence-electron chi connectivity index (χ1n) is 7.33. The van der Waals surface area contributed by atoms with E-state index in [-0.39, 0.29) is 0 Å². The van der Waals surface area contributed by atoms with Gasteiger partial charge in [-0.3, -0.25) is 0 Å². The number of anilines is 1. The molecule has 3 heteroatoms. The second kappa shape index (κ2) is 6.67. The molecule has 2 N–H and O–H groups in total. The summed E-state index contributed by atoms with van der Waals surface area (Å²) in [6.07, 6.45) is 0. The van der Waals surface area contributed by atoms with E-state index in [9.17, 15) is 0 Å². The largest absolute Gasteiger partial charge is 0.488 e. The third-order valence-electron chi connectivity index (χ3n) is 3.52. The van der Waals surface area contributed by atoms with Crippen LogP contribution in [-0.4, -0.2) is 0 Å². The zero-order valence-corrected chi connectivity index (χ0v) is 12.6. The molecule has 3 rings (SSSR count). The fraction of sp³-hybridized carbons (Fsp3) is 0.0500.